The van der Waals surface area contributed by atoms with Crippen molar-refractivity contribution in [3.05, 3.63) is 82.3 Å². The number of halogens is 3. The Morgan fingerprint density at radius 3 is 2.60 bits per heavy atom. The Balaban J connectivity index is 1.92. The van der Waals surface area contributed by atoms with Crippen LogP contribution in [-0.2, 0) is 24.6 Å². The molecule has 0 radical (unpaired) electrons. The zero-order valence-electron chi connectivity index (χ0n) is 16.2. The van der Waals surface area contributed by atoms with Crippen LogP contribution in [0.15, 0.2) is 59.8 Å². The standard InChI is InChI=1S/C20H19F3N4O3/c1-26-10-9-24-19(26)18(14-5-3-4-6-15(14)30-2)25-16(28)12-27-11-13(20(21,22)23)7-8-17(27)29/h3-11,18H,12H2,1-2H3,(H,25,28). The SMILES string of the molecule is COc1ccccc1C(NC(=O)Cn1cc(C(F)(F)F)ccc1=O)c1nccn1C. The highest BCUT2D eigenvalue weighted by molar-refractivity contribution is 5.76. The number of amides is 1. The lowest BCUT2D eigenvalue weighted by molar-refractivity contribution is -0.138. The average molecular weight is 420 g/mol. The van der Waals surface area contributed by atoms with E-state index in [1.807, 2.05) is 0 Å². The highest BCUT2D eigenvalue weighted by atomic mass is 19.4. The van der Waals surface area contributed by atoms with Crippen molar-refractivity contribution in [3.8, 4) is 5.75 Å². The number of carbonyl (C=O) groups is 1. The molecule has 0 fully saturated rings. The first-order valence-electron chi connectivity index (χ1n) is 8.88. The Kier molecular flexibility index (Phi) is 5.95. The summed E-state index contributed by atoms with van der Waals surface area (Å²) >= 11 is 0. The fourth-order valence-corrected chi connectivity index (χ4v) is 3.03. The van der Waals surface area contributed by atoms with Crippen LogP contribution in [-0.4, -0.2) is 27.1 Å². The molecule has 0 spiro atoms. The van der Waals surface area contributed by atoms with Gasteiger partial charge in [0, 0.05) is 37.3 Å². The van der Waals surface area contributed by atoms with E-state index in [0.29, 0.717) is 29.4 Å². The highest BCUT2D eigenvalue weighted by Crippen LogP contribution is 2.29. The van der Waals surface area contributed by atoms with Crippen molar-refractivity contribution in [1.82, 2.24) is 19.4 Å². The number of aryl methyl sites for hydroxylation is 1. The maximum absolute atomic E-state index is 12.9. The summed E-state index contributed by atoms with van der Waals surface area (Å²) in [6.07, 6.45) is -0.748. The van der Waals surface area contributed by atoms with Gasteiger partial charge in [0.1, 0.15) is 24.2 Å². The molecule has 158 valence electrons. The number of nitrogens with zero attached hydrogens (tertiary/aromatic N) is 3. The molecule has 7 nitrogen and oxygen atoms in total. The van der Waals surface area contributed by atoms with Gasteiger partial charge in [-0.05, 0) is 12.1 Å². The van der Waals surface area contributed by atoms with Gasteiger partial charge in [-0.2, -0.15) is 13.2 Å². The van der Waals surface area contributed by atoms with Crippen LogP contribution in [0, 0.1) is 0 Å². The molecule has 3 aromatic rings. The van der Waals surface area contributed by atoms with Gasteiger partial charge < -0.3 is 19.2 Å². The quantitative estimate of drug-likeness (QED) is 0.665. The number of hydrogen-bond acceptors (Lipinski definition) is 4. The Labute approximate surface area is 169 Å². The molecule has 3 rings (SSSR count). The first-order valence-corrected chi connectivity index (χ1v) is 8.88. The van der Waals surface area contributed by atoms with Gasteiger partial charge >= 0.3 is 6.18 Å². The number of pyridine rings is 1. The third-order valence-corrected chi connectivity index (χ3v) is 4.50. The minimum absolute atomic E-state index is 0.490. The van der Waals surface area contributed by atoms with Gasteiger partial charge in [0.2, 0.25) is 5.91 Å². The first kappa shape index (κ1) is 21.2. The van der Waals surface area contributed by atoms with Gasteiger partial charge in [-0.1, -0.05) is 18.2 Å². The van der Waals surface area contributed by atoms with Gasteiger partial charge in [0.05, 0.1) is 12.7 Å². The largest absolute Gasteiger partial charge is 0.496 e. The van der Waals surface area contributed by atoms with Gasteiger partial charge in [-0.15, -0.1) is 0 Å². The summed E-state index contributed by atoms with van der Waals surface area (Å²) in [5, 5.41) is 2.74. The van der Waals surface area contributed by atoms with Crippen LogP contribution in [0.5, 0.6) is 5.75 Å². The maximum Gasteiger partial charge on any atom is 0.417 e. The number of methoxy groups -OCH3 is 1. The number of hydrogen-bond donors (Lipinski definition) is 1. The van der Waals surface area contributed by atoms with Crippen LogP contribution in [0.4, 0.5) is 13.2 Å². The Hall–Kier alpha value is -3.56. The monoisotopic (exact) mass is 420 g/mol. The van der Waals surface area contributed by atoms with Crippen molar-refractivity contribution in [2.24, 2.45) is 7.05 Å². The molecule has 0 saturated heterocycles. The topological polar surface area (TPSA) is 78.2 Å². The number of rotatable bonds is 6. The van der Waals surface area contributed by atoms with E-state index in [4.69, 9.17) is 4.74 Å². The molecular formula is C20H19F3N4O3. The van der Waals surface area contributed by atoms with E-state index in [9.17, 15) is 22.8 Å². The van der Waals surface area contributed by atoms with E-state index in [1.54, 1.807) is 48.3 Å². The van der Waals surface area contributed by atoms with Crippen LogP contribution >= 0.6 is 0 Å². The lowest BCUT2D eigenvalue weighted by Crippen LogP contribution is -2.36. The highest BCUT2D eigenvalue weighted by Gasteiger charge is 2.31. The number of alkyl halides is 3. The van der Waals surface area contributed by atoms with E-state index >= 15 is 0 Å². The normalized spacial score (nSPS) is 12.4. The average Bonchev–Trinajstić information content (AvgIpc) is 3.12. The number of imidazole rings is 1. The number of para-hydroxylation sites is 1. The second kappa shape index (κ2) is 8.44. The van der Waals surface area contributed by atoms with Gasteiger partial charge in [-0.3, -0.25) is 9.59 Å². The molecule has 0 aliphatic rings. The van der Waals surface area contributed by atoms with E-state index in [0.717, 1.165) is 10.6 Å². The molecular weight excluding hydrogens is 401 g/mol. The molecule has 0 aliphatic carbocycles. The lowest BCUT2D eigenvalue weighted by Gasteiger charge is -2.21. The fourth-order valence-electron chi connectivity index (χ4n) is 3.03. The Morgan fingerprint density at radius 1 is 1.23 bits per heavy atom. The summed E-state index contributed by atoms with van der Waals surface area (Å²) < 4.78 is 46.6. The molecule has 0 aliphatic heterocycles. The minimum Gasteiger partial charge on any atom is -0.496 e. The van der Waals surface area contributed by atoms with Crippen LogP contribution in [0.1, 0.15) is 23.0 Å². The summed E-state index contributed by atoms with van der Waals surface area (Å²) in [6.45, 7) is -0.584. The second-order valence-corrected chi connectivity index (χ2v) is 6.52. The molecule has 0 saturated carbocycles. The molecule has 2 aromatic heterocycles. The van der Waals surface area contributed by atoms with Gasteiger partial charge in [0.25, 0.3) is 5.56 Å². The molecule has 1 amide bonds. The first-order chi connectivity index (χ1) is 14.2. The summed E-state index contributed by atoms with van der Waals surface area (Å²) in [6, 6.07) is 7.72. The summed E-state index contributed by atoms with van der Waals surface area (Å²) in [5.74, 6) is 0.335. The van der Waals surface area contributed by atoms with Crippen LogP contribution in [0.25, 0.3) is 0 Å². The number of benzene rings is 1. The lowest BCUT2D eigenvalue weighted by atomic mass is 10.0. The number of aromatic nitrogens is 3. The fraction of sp³-hybridized carbons (Fsp3) is 0.250. The van der Waals surface area contributed by atoms with Crippen molar-refractivity contribution in [2.75, 3.05) is 7.11 Å². The van der Waals surface area contributed by atoms with E-state index in [-0.39, 0.29) is 0 Å². The van der Waals surface area contributed by atoms with E-state index in [2.05, 4.69) is 10.3 Å². The van der Waals surface area contributed by atoms with Gasteiger partial charge in [-0.25, -0.2) is 4.98 Å². The summed E-state index contributed by atoms with van der Waals surface area (Å²) in [7, 11) is 3.23. The zero-order chi connectivity index (χ0) is 21.9. The number of ether oxygens (including phenoxy) is 1. The van der Waals surface area contributed by atoms with Gasteiger partial charge in [0.15, 0.2) is 0 Å². The third kappa shape index (κ3) is 4.53. The van der Waals surface area contributed by atoms with Crippen molar-refractivity contribution >= 4 is 5.91 Å². The molecule has 1 aromatic carbocycles. The number of carbonyl (C=O) groups excluding carboxylic acids is 1. The predicted molar refractivity (Wildman–Crippen MR) is 102 cm³/mol. The maximum atomic E-state index is 12.9. The van der Waals surface area contributed by atoms with Crippen LogP contribution in [0.3, 0.4) is 0 Å². The molecule has 0 bridgehead atoms. The van der Waals surface area contributed by atoms with Crippen LogP contribution < -0.4 is 15.6 Å². The van der Waals surface area contributed by atoms with Crippen molar-refractivity contribution in [1.29, 1.82) is 0 Å². The molecule has 30 heavy (non-hydrogen) atoms. The molecule has 10 heteroatoms. The Bertz CT molecular complexity index is 1100. The number of nitrogens with one attached hydrogen (secondary N) is 1. The second-order valence-electron chi connectivity index (χ2n) is 6.52. The van der Waals surface area contributed by atoms with E-state index < -0.39 is 35.8 Å². The molecule has 1 unspecified atom stereocenters. The molecule has 1 N–H and O–H groups in total. The third-order valence-electron chi connectivity index (χ3n) is 4.50. The van der Waals surface area contributed by atoms with Crippen molar-refractivity contribution in [2.45, 2.75) is 18.8 Å². The van der Waals surface area contributed by atoms with Crippen molar-refractivity contribution < 1.29 is 22.7 Å². The van der Waals surface area contributed by atoms with Crippen LogP contribution in [0.2, 0.25) is 0 Å². The van der Waals surface area contributed by atoms with E-state index in [1.165, 1.54) is 7.11 Å². The zero-order valence-corrected chi connectivity index (χ0v) is 16.2. The Morgan fingerprint density at radius 2 is 1.97 bits per heavy atom. The summed E-state index contributed by atoms with van der Waals surface area (Å²) in [4.78, 5) is 28.9. The van der Waals surface area contributed by atoms with Crippen molar-refractivity contribution in [3.63, 3.8) is 0 Å². The smallest absolute Gasteiger partial charge is 0.417 e. The summed E-state index contributed by atoms with van der Waals surface area (Å²) in [5.41, 5.74) is -1.12. The molecule has 2 heterocycles. The predicted octanol–water partition coefficient (Wildman–Crippen LogP) is 2.52. The molecule has 1 atom stereocenters. The minimum atomic E-state index is -4.63.